The number of carbonyl (C=O) groups is 2. The Bertz CT molecular complexity index is 868. The van der Waals surface area contributed by atoms with Crippen LogP contribution in [-0.4, -0.2) is 27.8 Å². The first-order valence-electron chi connectivity index (χ1n) is 8.30. The Morgan fingerprint density at radius 2 is 1.96 bits per heavy atom. The number of aryl methyl sites for hydroxylation is 1. The van der Waals surface area contributed by atoms with Gasteiger partial charge in [0.15, 0.2) is 6.10 Å². The molecule has 0 aliphatic carbocycles. The number of hydrogen-bond donors (Lipinski definition) is 1. The van der Waals surface area contributed by atoms with Crippen LogP contribution < -0.4 is 5.32 Å². The number of hydrogen-bond acceptors (Lipinski definition) is 4. The van der Waals surface area contributed by atoms with Gasteiger partial charge < -0.3 is 10.1 Å². The minimum atomic E-state index is -1.17. The molecule has 146 valence electrons. The fourth-order valence-electron chi connectivity index (χ4n) is 2.35. The summed E-state index contributed by atoms with van der Waals surface area (Å²) >= 11 is 11.9. The summed E-state index contributed by atoms with van der Waals surface area (Å²) in [5.41, 5.74) is 0.447. The van der Waals surface area contributed by atoms with E-state index in [4.69, 9.17) is 27.9 Å². The first kappa shape index (κ1) is 21.2. The average molecular weight is 416 g/mol. The van der Waals surface area contributed by atoms with Gasteiger partial charge in [-0.15, -0.1) is 0 Å². The summed E-state index contributed by atoms with van der Waals surface area (Å²) in [4.78, 5) is 24.6. The summed E-state index contributed by atoms with van der Waals surface area (Å²) in [6.45, 7) is 7.54. The molecule has 0 aliphatic rings. The second-order valence-corrected chi connectivity index (χ2v) is 7.28. The van der Waals surface area contributed by atoms with Crippen LogP contribution in [0.3, 0.4) is 0 Å². The molecular formula is C18H20Cl2FN3O3. The molecule has 1 heterocycles. The minimum absolute atomic E-state index is 0.0636. The molecule has 1 amide bonds. The van der Waals surface area contributed by atoms with E-state index in [-0.39, 0.29) is 27.3 Å². The fourth-order valence-corrected chi connectivity index (χ4v) is 2.83. The maximum atomic E-state index is 13.8. The number of rotatable bonds is 6. The number of benzene rings is 1. The maximum Gasteiger partial charge on any atom is 0.343 e. The lowest BCUT2D eigenvalue weighted by atomic mass is 10.2. The second kappa shape index (κ2) is 8.71. The van der Waals surface area contributed by atoms with E-state index in [1.807, 2.05) is 13.8 Å². The van der Waals surface area contributed by atoms with Crippen LogP contribution in [-0.2, 0) is 16.1 Å². The minimum Gasteiger partial charge on any atom is -0.449 e. The van der Waals surface area contributed by atoms with Gasteiger partial charge in [-0.3, -0.25) is 9.48 Å². The number of carbonyl (C=O) groups excluding carboxylic acids is 2. The number of amides is 1. The van der Waals surface area contributed by atoms with E-state index < -0.39 is 23.8 Å². The topological polar surface area (TPSA) is 73.2 Å². The van der Waals surface area contributed by atoms with Crippen molar-refractivity contribution in [3.05, 3.63) is 45.4 Å². The number of halogens is 3. The quantitative estimate of drug-likeness (QED) is 0.705. The Morgan fingerprint density at radius 3 is 2.56 bits per heavy atom. The predicted octanol–water partition coefficient (Wildman–Crippen LogP) is 4.48. The van der Waals surface area contributed by atoms with Gasteiger partial charge in [0.2, 0.25) is 0 Å². The highest BCUT2D eigenvalue weighted by molar-refractivity contribution is 6.32. The van der Waals surface area contributed by atoms with Crippen LogP contribution in [0.2, 0.25) is 10.2 Å². The molecule has 1 aromatic carbocycles. The molecule has 9 heteroatoms. The van der Waals surface area contributed by atoms with Crippen molar-refractivity contribution in [2.75, 3.05) is 5.32 Å². The Hall–Kier alpha value is -2.12. The van der Waals surface area contributed by atoms with Gasteiger partial charge in [-0.2, -0.15) is 5.10 Å². The lowest BCUT2D eigenvalue weighted by molar-refractivity contribution is -0.123. The summed E-state index contributed by atoms with van der Waals surface area (Å²) in [5.74, 6) is -1.87. The van der Waals surface area contributed by atoms with Crippen LogP contribution >= 0.6 is 23.2 Å². The van der Waals surface area contributed by atoms with Crippen molar-refractivity contribution in [1.29, 1.82) is 0 Å². The zero-order valence-corrected chi connectivity index (χ0v) is 16.9. The first-order chi connectivity index (χ1) is 12.6. The highest BCUT2D eigenvalue weighted by atomic mass is 35.5. The number of nitrogens with zero attached hydrogens (tertiary/aromatic N) is 2. The maximum absolute atomic E-state index is 13.8. The van der Waals surface area contributed by atoms with Crippen LogP contribution in [0.4, 0.5) is 10.1 Å². The molecule has 1 N–H and O–H groups in total. The number of aromatic nitrogens is 2. The second-order valence-electron chi connectivity index (χ2n) is 6.49. The summed E-state index contributed by atoms with van der Waals surface area (Å²) in [6, 6.07) is 3.82. The smallest absolute Gasteiger partial charge is 0.343 e. The van der Waals surface area contributed by atoms with Crippen LogP contribution in [0.1, 0.15) is 36.8 Å². The zero-order chi connectivity index (χ0) is 20.3. The van der Waals surface area contributed by atoms with E-state index in [1.165, 1.54) is 23.7 Å². The van der Waals surface area contributed by atoms with Crippen molar-refractivity contribution >= 4 is 40.8 Å². The molecule has 0 unspecified atom stereocenters. The van der Waals surface area contributed by atoms with Crippen LogP contribution in [0.5, 0.6) is 0 Å². The van der Waals surface area contributed by atoms with Crippen molar-refractivity contribution in [1.82, 2.24) is 9.78 Å². The van der Waals surface area contributed by atoms with E-state index in [9.17, 15) is 14.0 Å². The summed E-state index contributed by atoms with van der Waals surface area (Å²) in [7, 11) is 0. The van der Waals surface area contributed by atoms with Crippen molar-refractivity contribution in [3.63, 3.8) is 0 Å². The number of esters is 1. The molecule has 0 bridgehead atoms. The molecule has 27 heavy (non-hydrogen) atoms. The van der Waals surface area contributed by atoms with Gasteiger partial charge in [0.05, 0.1) is 11.4 Å². The van der Waals surface area contributed by atoms with Crippen molar-refractivity contribution in [3.8, 4) is 0 Å². The zero-order valence-electron chi connectivity index (χ0n) is 15.3. The van der Waals surface area contributed by atoms with E-state index in [0.717, 1.165) is 6.07 Å². The van der Waals surface area contributed by atoms with E-state index >= 15 is 0 Å². The molecule has 0 saturated carbocycles. The lowest BCUT2D eigenvalue weighted by Gasteiger charge is -2.14. The third-order valence-corrected chi connectivity index (χ3v) is 4.27. The van der Waals surface area contributed by atoms with E-state index in [1.54, 1.807) is 6.92 Å². The molecule has 2 aromatic rings. The van der Waals surface area contributed by atoms with E-state index in [2.05, 4.69) is 10.4 Å². The normalized spacial score (nSPS) is 12.1. The average Bonchev–Trinajstić information content (AvgIpc) is 2.83. The van der Waals surface area contributed by atoms with Gasteiger partial charge in [-0.25, -0.2) is 9.18 Å². The summed E-state index contributed by atoms with van der Waals surface area (Å²) < 4.78 is 20.5. The van der Waals surface area contributed by atoms with Crippen molar-refractivity contribution in [2.45, 2.75) is 40.3 Å². The van der Waals surface area contributed by atoms with Gasteiger partial charge in [0.1, 0.15) is 16.5 Å². The Kier molecular flexibility index (Phi) is 6.84. The van der Waals surface area contributed by atoms with Crippen LogP contribution in [0.15, 0.2) is 18.2 Å². The molecule has 0 saturated heterocycles. The van der Waals surface area contributed by atoms with Crippen LogP contribution in [0.25, 0.3) is 0 Å². The molecule has 0 radical (unpaired) electrons. The van der Waals surface area contributed by atoms with Crippen molar-refractivity contribution in [2.24, 2.45) is 5.92 Å². The summed E-state index contributed by atoms with van der Waals surface area (Å²) in [5, 5.41) is 6.94. The van der Waals surface area contributed by atoms with E-state index in [0.29, 0.717) is 12.2 Å². The molecule has 1 aromatic heterocycles. The molecular weight excluding hydrogens is 396 g/mol. The van der Waals surface area contributed by atoms with Gasteiger partial charge in [0.25, 0.3) is 5.91 Å². The molecule has 2 rings (SSSR count). The SMILES string of the molecule is Cc1nn(CC(C)C)c(Cl)c1C(=O)O[C@@H](C)C(=O)Nc1ccc(Cl)cc1F. The van der Waals surface area contributed by atoms with Gasteiger partial charge >= 0.3 is 5.97 Å². The first-order valence-corrected chi connectivity index (χ1v) is 9.05. The number of nitrogens with one attached hydrogen (secondary N) is 1. The molecule has 0 fully saturated rings. The third-order valence-electron chi connectivity index (χ3n) is 3.65. The highest BCUT2D eigenvalue weighted by Crippen LogP contribution is 2.23. The van der Waals surface area contributed by atoms with Crippen LogP contribution in [0, 0.1) is 18.7 Å². The van der Waals surface area contributed by atoms with Gasteiger partial charge in [-0.1, -0.05) is 37.0 Å². The molecule has 0 spiro atoms. The highest BCUT2D eigenvalue weighted by Gasteiger charge is 2.26. The van der Waals surface area contributed by atoms with Gasteiger partial charge in [-0.05, 0) is 38.0 Å². The Balaban J connectivity index is 2.09. The monoisotopic (exact) mass is 415 g/mol. The third kappa shape index (κ3) is 5.20. The van der Waals surface area contributed by atoms with Gasteiger partial charge in [0, 0.05) is 11.6 Å². The predicted molar refractivity (Wildman–Crippen MR) is 102 cm³/mol. The Labute approximate surface area is 166 Å². The molecule has 6 nitrogen and oxygen atoms in total. The lowest BCUT2D eigenvalue weighted by Crippen LogP contribution is -2.30. The molecule has 1 atom stereocenters. The standard InChI is InChI=1S/C18H20Cl2FN3O3/c1-9(2)8-24-16(20)15(10(3)23-24)18(26)27-11(4)17(25)22-14-6-5-12(19)7-13(14)21/h5-7,9,11H,8H2,1-4H3,(H,22,25)/t11-/m0/s1. The largest absolute Gasteiger partial charge is 0.449 e. The Morgan fingerprint density at radius 1 is 1.30 bits per heavy atom. The molecule has 0 aliphatic heterocycles. The number of ether oxygens (including phenoxy) is 1. The fraction of sp³-hybridized carbons (Fsp3) is 0.389. The van der Waals surface area contributed by atoms with Crippen molar-refractivity contribution < 1.29 is 18.7 Å². The summed E-state index contributed by atoms with van der Waals surface area (Å²) in [6.07, 6.45) is -1.17. The number of anilines is 1.